The molecule has 2 heterocycles. The number of rotatable bonds is 8. The number of ether oxygens (including phenoxy) is 2. The summed E-state index contributed by atoms with van der Waals surface area (Å²) in [6, 6.07) is 14.8. The smallest absolute Gasteiger partial charge is 0.273 e. The molecular formula is C28H33N3O5. The van der Waals surface area contributed by atoms with Gasteiger partial charge >= 0.3 is 0 Å². The molecule has 0 saturated carbocycles. The molecule has 4 rings (SSSR count). The normalized spacial score (nSPS) is 12.6. The summed E-state index contributed by atoms with van der Waals surface area (Å²) in [6.45, 7) is 11.8. The van der Waals surface area contributed by atoms with Gasteiger partial charge in [0.2, 0.25) is 6.79 Å². The van der Waals surface area contributed by atoms with Crippen LogP contribution in [0.5, 0.6) is 11.5 Å². The number of hydrogen-bond acceptors (Lipinski definition) is 6. The Morgan fingerprint density at radius 2 is 1.75 bits per heavy atom. The van der Waals surface area contributed by atoms with Crippen molar-refractivity contribution in [1.82, 2.24) is 15.4 Å². The van der Waals surface area contributed by atoms with Crippen molar-refractivity contribution in [3.8, 4) is 11.5 Å². The number of nitrogens with zero attached hydrogens (tertiary/aromatic N) is 2. The molecule has 0 unspecified atom stereocenters. The maximum absolute atomic E-state index is 13.3. The van der Waals surface area contributed by atoms with Crippen LogP contribution in [-0.4, -0.2) is 35.2 Å². The summed E-state index contributed by atoms with van der Waals surface area (Å²) in [7, 11) is 0. The maximum atomic E-state index is 13.3. The zero-order chi connectivity index (χ0) is 25.9. The number of amides is 2. The first-order valence-electron chi connectivity index (χ1n) is 12.1. The standard InChI is InChI=1S/C28H33N3O5/c1-18(2)15-31(27(33)20-7-9-21(10-8-20)28(3,4)5)16-22-13-23(30-36-22)26(32)29-14-19-6-11-24-25(12-19)35-17-34-24/h6-13,18H,14-17H2,1-5H3,(H,29,32). The van der Waals surface area contributed by atoms with Gasteiger partial charge in [-0.25, -0.2) is 0 Å². The van der Waals surface area contributed by atoms with Crippen LogP contribution in [-0.2, 0) is 18.5 Å². The highest BCUT2D eigenvalue weighted by atomic mass is 16.7. The Bertz CT molecular complexity index is 1220. The van der Waals surface area contributed by atoms with Crippen molar-refractivity contribution < 1.29 is 23.6 Å². The number of fused-ring (bicyclic) bond motifs is 1. The van der Waals surface area contributed by atoms with Gasteiger partial charge in [-0.2, -0.15) is 0 Å². The van der Waals surface area contributed by atoms with Gasteiger partial charge in [-0.1, -0.05) is 58.0 Å². The number of hydrogen-bond donors (Lipinski definition) is 1. The zero-order valence-corrected chi connectivity index (χ0v) is 21.5. The van der Waals surface area contributed by atoms with Crippen molar-refractivity contribution in [2.75, 3.05) is 13.3 Å². The van der Waals surface area contributed by atoms with Crippen molar-refractivity contribution in [2.24, 2.45) is 5.92 Å². The first kappa shape index (κ1) is 25.3. The molecule has 1 aliphatic heterocycles. The van der Waals surface area contributed by atoms with Crippen LogP contribution >= 0.6 is 0 Å². The zero-order valence-electron chi connectivity index (χ0n) is 21.5. The van der Waals surface area contributed by atoms with E-state index in [-0.39, 0.29) is 42.2 Å². The summed E-state index contributed by atoms with van der Waals surface area (Å²) >= 11 is 0. The van der Waals surface area contributed by atoms with Crippen LogP contribution in [0.25, 0.3) is 0 Å². The van der Waals surface area contributed by atoms with Gasteiger partial charge in [-0.15, -0.1) is 0 Å². The molecule has 0 fully saturated rings. The molecule has 0 radical (unpaired) electrons. The van der Waals surface area contributed by atoms with Crippen molar-refractivity contribution in [2.45, 2.75) is 53.1 Å². The molecule has 2 aromatic carbocycles. The van der Waals surface area contributed by atoms with Gasteiger partial charge in [0.1, 0.15) is 0 Å². The molecule has 1 aliphatic rings. The van der Waals surface area contributed by atoms with E-state index in [1.165, 1.54) is 5.56 Å². The van der Waals surface area contributed by atoms with Crippen molar-refractivity contribution >= 4 is 11.8 Å². The van der Waals surface area contributed by atoms with Crippen molar-refractivity contribution in [3.63, 3.8) is 0 Å². The molecule has 8 nitrogen and oxygen atoms in total. The molecular weight excluding hydrogens is 458 g/mol. The average molecular weight is 492 g/mol. The van der Waals surface area contributed by atoms with E-state index in [0.717, 1.165) is 5.56 Å². The predicted octanol–water partition coefficient (Wildman–Crippen LogP) is 4.93. The summed E-state index contributed by atoms with van der Waals surface area (Å²) in [4.78, 5) is 27.6. The molecule has 2 amide bonds. The molecule has 0 atom stereocenters. The minimum absolute atomic E-state index is 0.0126. The lowest BCUT2D eigenvalue weighted by Gasteiger charge is -2.24. The molecule has 0 spiro atoms. The van der Waals surface area contributed by atoms with Crippen LogP contribution in [0.3, 0.4) is 0 Å². The SMILES string of the molecule is CC(C)CN(Cc1cc(C(=O)NCc2ccc3c(c2)OCO3)no1)C(=O)c1ccc(C(C)(C)C)cc1. The molecule has 1 N–H and O–H groups in total. The van der Waals surface area contributed by atoms with E-state index < -0.39 is 0 Å². The molecule has 1 aromatic heterocycles. The lowest BCUT2D eigenvalue weighted by atomic mass is 9.86. The fourth-order valence-corrected chi connectivity index (χ4v) is 3.96. The molecule has 190 valence electrons. The fraction of sp³-hybridized carbons (Fsp3) is 0.393. The maximum Gasteiger partial charge on any atom is 0.273 e. The van der Waals surface area contributed by atoms with E-state index >= 15 is 0 Å². The molecule has 3 aromatic rings. The minimum atomic E-state index is -0.359. The average Bonchev–Trinajstić information content (AvgIpc) is 3.50. The number of benzene rings is 2. The van der Waals surface area contributed by atoms with Gasteiger partial charge in [0, 0.05) is 24.7 Å². The summed E-state index contributed by atoms with van der Waals surface area (Å²) in [6.07, 6.45) is 0. The third-order valence-corrected chi connectivity index (χ3v) is 5.90. The first-order chi connectivity index (χ1) is 17.1. The summed E-state index contributed by atoms with van der Waals surface area (Å²) in [5.74, 6) is 1.61. The van der Waals surface area contributed by atoms with Crippen LogP contribution in [0, 0.1) is 5.92 Å². The number of carbonyl (C=O) groups is 2. The molecule has 0 saturated heterocycles. The van der Waals surface area contributed by atoms with Gasteiger partial charge in [-0.3, -0.25) is 9.59 Å². The van der Waals surface area contributed by atoms with Crippen LogP contribution in [0.1, 0.15) is 72.4 Å². The fourth-order valence-electron chi connectivity index (χ4n) is 3.96. The number of aromatic nitrogens is 1. The third-order valence-electron chi connectivity index (χ3n) is 5.90. The number of nitrogens with one attached hydrogen (secondary N) is 1. The van der Waals surface area contributed by atoms with E-state index in [4.69, 9.17) is 14.0 Å². The second kappa shape index (κ2) is 10.4. The molecule has 36 heavy (non-hydrogen) atoms. The van der Waals surface area contributed by atoms with Gasteiger partial charge < -0.3 is 24.2 Å². The lowest BCUT2D eigenvalue weighted by molar-refractivity contribution is 0.0705. The Morgan fingerprint density at radius 1 is 1.03 bits per heavy atom. The second-order valence-corrected chi connectivity index (χ2v) is 10.5. The van der Waals surface area contributed by atoms with Crippen LogP contribution < -0.4 is 14.8 Å². The van der Waals surface area contributed by atoms with Gasteiger partial charge in [0.15, 0.2) is 23.0 Å². The molecule has 8 heteroatoms. The van der Waals surface area contributed by atoms with Crippen LogP contribution in [0.4, 0.5) is 0 Å². The summed E-state index contributed by atoms with van der Waals surface area (Å²) in [5.41, 5.74) is 2.84. The van der Waals surface area contributed by atoms with Crippen molar-refractivity contribution in [3.05, 3.63) is 76.7 Å². The van der Waals surface area contributed by atoms with Crippen LogP contribution in [0.2, 0.25) is 0 Å². The molecule has 0 bridgehead atoms. The van der Waals surface area contributed by atoms with Crippen LogP contribution in [0.15, 0.2) is 53.1 Å². The molecule has 0 aliphatic carbocycles. The third kappa shape index (κ3) is 6.05. The van der Waals surface area contributed by atoms with E-state index in [0.29, 0.717) is 35.9 Å². The second-order valence-electron chi connectivity index (χ2n) is 10.5. The van der Waals surface area contributed by atoms with Gasteiger partial charge in [0.25, 0.3) is 11.8 Å². The highest BCUT2D eigenvalue weighted by Crippen LogP contribution is 2.32. The van der Waals surface area contributed by atoms with E-state index in [1.807, 2.05) is 42.5 Å². The predicted molar refractivity (Wildman–Crippen MR) is 135 cm³/mol. The van der Waals surface area contributed by atoms with Gasteiger partial charge in [-0.05, 0) is 46.7 Å². The van der Waals surface area contributed by atoms with E-state index in [1.54, 1.807) is 11.0 Å². The van der Waals surface area contributed by atoms with Gasteiger partial charge in [0.05, 0.1) is 6.54 Å². The topological polar surface area (TPSA) is 93.9 Å². The highest BCUT2D eigenvalue weighted by Gasteiger charge is 2.22. The highest BCUT2D eigenvalue weighted by molar-refractivity contribution is 5.94. The largest absolute Gasteiger partial charge is 0.454 e. The monoisotopic (exact) mass is 491 g/mol. The van der Waals surface area contributed by atoms with E-state index in [2.05, 4.69) is 45.1 Å². The summed E-state index contributed by atoms with van der Waals surface area (Å²) < 4.78 is 16.1. The Morgan fingerprint density at radius 3 is 2.44 bits per heavy atom. The number of carbonyl (C=O) groups excluding carboxylic acids is 2. The lowest BCUT2D eigenvalue weighted by Crippen LogP contribution is -2.33. The minimum Gasteiger partial charge on any atom is -0.454 e. The van der Waals surface area contributed by atoms with Crippen molar-refractivity contribution in [1.29, 1.82) is 0 Å². The Balaban J connectivity index is 1.40. The quantitative estimate of drug-likeness (QED) is 0.480. The summed E-state index contributed by atoms with van der Waals surface area (Å²) in [5, 5.41) is 6.75. The Hall–Kier alpha value is -3.81. The Labute approximate surface area is 211 Å². The van der Waals surface area contributed by atoms with E-state index in [9.17, 15) is 9.59 Å². The Kier molecular flexibility index (Phi) is 7.33. The first-order valence-corrected chi connectivity index (χ1v) is 12.1.